The lowest BCUT2D eigenvalue weighted by molar-refractivity contribution is -0.309. The highest BCUT2D eigenvalue weighted by Gasteiger charge is 2.42. The molecule has 4 fully saturated rings. The van der Waals surface area contributed by atoms with Crippen molar-refractivity contribution in [1.29, 1.82) is 0 Å². The van der Waals surface area contributed by atoms with Gasteiger partial charge in [0.05, 0.1) is 72.5 Å². The van der Waals surface area contributed by atoms with E-state index in [1.54, 1.807) is 26.0 Å². The predicted molar refractivity (Wildman–Crippen MR) is 203 cm³/mol. The molecule has 58 heavy (non-hydrogen) atoms. The Kier molecular flexibility index (Phi) is 12.8. The van der Waals surface area contributed by atoms with E-state index in [4.69, 9.17) is 33.2 Å². The first-order chi connectivity index (χ1) is 27.5. The second-order valence-electron chi connectivity index (χ2n) is 16.9. The fourth-order valence-electron chi connectivity index (χ4n) is 8.93. The van der Waals surface area contributed by atoms with Crippen LogP contribution in [0.4, 0.5) is 0 Å². The average molecular weight is 813 g/mol. The molecule has 318 valence electrons. The van der Waals surface area contributed by atoms with E-state index in [1.807, 2.05) is 20.8 Å². The number of aromatic hydroxyl groups is 1. The summed E-state index contributed by atoms with van der Waals surface area (Å²) in [6, 6.07) is 7.64. The second kappa shape index (κ2) is 17.3. The number of carboxylic acid groups (broad SMARTS) is 1. The number of carbonyl (C=O) groups excluding carboxylic acids is 2. The Labute approximate surface area is 337 Å². The van der Waals surface area contributed by atoms with Crippen molar-refractivity contribution in [2.24, 2.45) is 0 Å². The Hall–Kier alpha value is -3.35. The summed E-state index contributed by atoms with van der Waals surface area (Å²) in [6.45, 7) is 8.89. The molecule has 15 heteroatoms. The van der Waals surface area contributed by atoms with Crippen molar-refractivity contribution >= 4 is 17.5 Å². The zero-order chi connectivity index (χ0) is 41.6. The van der Waals surface area contributed by atoms with Crippen LogP contribution in [0.15, 0.2) is 30.3 Å². The molecule has 14 atom stereocenters. The molecule has 0 radical (unpaired) electrons. The average Bonchev–Trinajstić information content (AvgIpc) is 3.16. The Morgan fingerprint density at radius 1 is 0.724 bits per heavy atom. The maximum Gasteiger partial charge on any atom is 0.306 e. The molecule has 15 nitrogen and oxygen atoms in total. The zero-order valence-electron chi connectivity index (χ0n) is 33.6. The Balaban J connectivity index is 0.975. The van der Waals surface area contributed by atoms with Gasteiger partial charge >= 0.3 is 5.97 Å². The zero-order valence-corrected chi connectivity index (χ0v) is 33.6. The normalized spacial score (nSPS) is 36.4. The highest BCUT2D eigenvalue weighted by molar-refractivity contribution is 6.29. The minimum Gasteiger partial charge on any atom is -0.507 e. The van der Waals surface area contributed by atoms with Gasteiger partial charge in [-0.25, -0.2) is 0 Å². The van der Waals surface area contributed by atoms with E-state index < -0.39 is 90.8 Å². The number of benzene rings is 2. The third-order valence-electron chi connectivity index (χ3n) is 12.3. The number of ketones is 2. The standard InChI is InChI=1S/C43H56O15/c1-20-29(44)10-13-35(53-20)56-31-11-14-36(54-21(31)2)57-32-12-15-37(55-22(32)3)58-43(5,19-34(46)47)18-25-7-9-27-38(40(25)49)42(51)26-8-6-24(16-28(26)41(27)50)33-17-30(45)39(48)23(4)52-33/h6-9,16,20-23,29-33,35-37,39,44-45,48-49H,10-15,17-19H2,1-5H3,(H,46,47)/t20-,21+,22+,23-,29-,30-,31-,32+,33-,35+,36+,37-,39+,43?/m1/s1. The van der Waals surface area contributed by atoms with Crippen LogP contribution < -0.4 is 0 Å². The van der Waals surface area contributed by atoms with Gasteiger partial charge in [0.1, 0.15) is 11.9 Å². The number of aliphatic hydroxyl groups excluding tert-OH is 3. The van der Waals surface area contributed by atoms with Crippen LogP contribution in [0, 0.1) is 0 Å². The highest BCUT2D eigenvalue weighted by Crippen LogP contribution is 2.41. The number of phenolic OH excluding ortho intramolecular Hbond substituents is 1. The van der Waals surface area contributed by atoms with E-state index in [0.29, 0.717) is 44.1 Å². The van der Waals surface area contributed by atoms with Crippen molar-refractivity contribution in [3.05, 3.63) is 63.7 Å². The summed E-state index contributed by atoms with van der Waals surface area (Å²) in [5, 5.41) is 51.8. The topological polar surface area (TPSA) is 217 Å². The number of carbonyl (C=O) groups is 3. The monoisotopic (exact) mass is 812 g/mol. The largest absolute Gasteiger partial charge is 0.507 e. The third-order valence-corrected chi connectivity index (χ3v) is 12.3. The molecule has 0 saturated carbocycles. The number of aliphatic carboxylic acids is 1. The molecule has 4 heterocycles. The minimum atomic E-state index is -1.38. The fourth-order valence-corrected chi connectivity index (χ4v) is 8.93. The lowest BCUT2D eigenvalue weighted by atomic mass is 9.80. The fraction of sp³-hybridized carbons (Fsp3) is 0.651. The molecule has 2 aromatic rings. The number of phenols is 1. The summed E-state index contributed by atoms with van der Waals surface area (Å²) >= 11 is 0. The number of hydrogen-bond acceptors (Lipinski definition) is 14. The molecule has 4 aliphatic heterocycles. The molecule has 5 aliphatic rings. The summed E-state index contributed by atoms with van der Waals surface area (Å²) in [5.41, 5.74) is -0.511. The van der Waals surface area contributed by atoms with E-state index in [-0.39, 0.29) is 65.1 Å². The number of aliphatic hydroxyl groups is 3. The molecule has 0 amide bonds. The van der Waals surface area contributed by atoms with Crippen LogP contribution in [-0.2, 0) is 44.4 Å². The number of rotatable bonds is 11. The molecule has 2 aromatic carbocycles. The van der Waals surface area contributed by atoms with Crippen molar-refractivity contribution in [1.82, 2.24) is 0 Å². The smallest absolute Gasteiger partial charge is 0.306 e. The third kappa shape index (κ3) is 9.04. The number of carboxylic acids is 1. The molecule has 1 aliphatic carbocycles. The van der Waals surface area contributed by atoms with Gasteiger partial charge < -0.3 is 58.7 Å². The molecule has 1 unspecified atom stereocenters. The Morgan fingerprint density at radius 2 is 1.33 bits per heavy atom. The minimum absolute atomic E-state index is 0.00798. The maximum atomic E-state index is 13.9. The van der Waals surface area contributed by atoms with Gasteiger partial charge in [-0.2, -0.15) is 0 Å². The van der Waals surface area contributed by atoms with E-state index in [2.05, 4.69) is 0 Å². The molecule has 0 spiro atoms. The van der Waals surface area contributed by atoms with Crippen molar-refractivity contribution in [2.75, 3.05) is 0 Å². The van der Waals surface area contributed by atoms with Crippen molar-refractivity contribution in [2.45, 2.75) is 178 Å². The second-order valence-corrected chi connectivity index (χ2v) is 16.9. The molecule has 4 saturated heterocycles. The van der Waals surface area contributed by atoms with Crippen LogP contribution in [-0.4, -0.2) is 122 Å². The molecular weight excluding hydrogens is 756 g/mol. The van der Waals surface area contributed by atoms with Crippen LogP contribution >= 0.6 is 0 Å². The Bertz CT molecular complexity index is 1840. The Morgan fingerprint density at radius 3 is 1.95 bits per heavy atom. The van der Waals surface area contributed by atoms with Crippen molar-refractivity contribution in [3.63, 3.8) is 0 Å². The van der Waals surface area contributed by atoms with Gasteiger partial charge in [0, 0.05) is 48.8 Å². The van der Waals surface area contributed by atoms with Gasteiger partial charge in [-0.3, -0.25) is 14.4 Å². The van der Waals surface area contributed by atoms with Crippen LogP contribution in [0.2, 0.25) is 0 Å². The quantitative estimate of drug-likeness (QED) is 0.183. The lowest BCUT2D eigenvalue weighted by Crippen LogP contribution is -2.48. The van der Waals surface area contributed by atoms with E-state index in [0.717, 1.165) is 0 Å². The van der Waals surface area contributed by atoms with Gasteiger partial charge in [-0.05, 0) is 83.2 Å². The van der Waals surface area contributed by atoms with Crippen LogP contribution in [0.25, 0.3) is 0 Å². The SMILES string of the molecule is C[C@@H]1O[C@H](OC(C)(CC(=O)O)Cc2ccc3c(c2O)C(=O)c2ccc([C@H]4C[C@@H](O)[C@@H](O)[C@@H](C)O4)cc2C3=O)CC[C@@H]1O[C@H]1CC[C@@H](O[C@H]2CC[C@@H](O)[C@@H](C)O2)[C@H](C)O1. The lowest BCUT2D eigenvalue weighted by Gasteiger charge is -2.42. The van der Waals surface area contributed by atoms with Gasteiger partial charge in [-0.1, -0.05) is 12.1 Å². The first-order valence-electron chi connectivity index (χ1n) is 20.4. The molecule has 5 N–H and O–H groups in total. The first kappa shape index (κ1) is 42.8. The summed E-state index contributed by atoms with van der Waals surface area (Å²) in [7, 11) is 0. The van der Waals surface area contributed by atoms with Gasteiger partial charge in [0.15, 0.2) is 30.4 Å². The number of hydrogen-bond donors (Lipinski definition) is 5. The van der Waals surface area contributed by atoms with Gasteiger partial charge in [0.25, 0.3) is 0 Å². The first-order valence-corrected chi connectivity index (χ1v) is 20.4. The summed E-state index contributed by atoms with van der Waals surface area (Å²) in [6.07, 6.45) is -3.81. The molecular formula is C43H56O15. The molecule has 0 aromatic heterocycles. The predicted octanol–water partition coefficient (Wildman–Crippen LogP) is 4.24. The van der Waals surface area contributed by atoms with E-state index in [9.17, 15) is 39.9 Å². The van der Waals surface area contributed by atoms with Crippen LogP contribution in [0.5, 0.6) is 5.75 Å². The van der Waals surface area contributed by atoms with Crippen LogP contribution in [0.1, 0.15) is 135 Å². The molecule has 7 rings (SSSR count). The summed E-state index contributed by atoms with van der Waals surface area (Å²) < 4.78 is 43.0. The van der Waals surface area contributed by atoms with Crippen molar-refractivity contribution in [3.8, 4) is 5.75 Å². The molecule has 0 bridgehead atoms. The van der Waals surface area contributed by atoms with Crippen LogP contribution in [0.3, 0.4) is 0 Å². The van der Waals surface area contributed by atoms with Gasteiger partial charge in [-0.15, -0.1) is 0 Å². The van der Waals surface area contributed by atoms with Crippen molar-refractivity contribution < 1.29 is 73.1 Å². The number of ether oxygens (including phenoxy) is 7. The van der Waals surface area contributed by atoms with E-state index in [1.165, 1.54) is 18.2 Å². The summed E-state index contributed by atoms with van der Waals surface area (Å²) in [5.74, 6) is -2.59. The highest BCUT2D eigenvalue weighted by atomic mass is 16.7. The maximum absolute atomic E-state index is 13.9. The van der Waals surface area contributed by atoms with Gasteiger partial charge in [0.2, 0.25) is 0 Å². The summed E-state index contributed by atoms with van der Waals surface area (Å²) in [4.78, 5) is 39.8. The number of fused-ring (bicyclic) bond motifs is 2. The van der Waals surface area contributed by atoms with E-state index >= 15 is 0 Å².